The molecule has 0 aromatic heterocycles. The van der Waals surface area contributed by atoms with E-state index in [0.717, 1.165) is 31.7 Å². The third kappa shape index (κ3) is 4.08. The van der Waals surface area contributed by atoms with E-state index in [0.29, 0.717) is 24.8 Å². The lowest BCUT2D eigenvalue weighted by atomic mass is 9.85. The number of fused-ring (bicyclic) bond motifs is 1. The van der Waals surface area contributed by atoms with Crippen LogP contribution in [0.3, 0.4) is 0 Å². The van der Waals surface area contributed by atoms with Gasteiger partial charge in [-0.25, -0.2) is 4.39 Å². The molecule has 5 nitrogen and oxygen atoms in total. The molecule has 2 aliphatic heterocycles. The molecule has 1 fully saturated rings. The third-order valence-electron chi connectivity index (χ3n) is 5.53. The third-order valence-corrected chi connectivity index (χ3v) is 5.53. The molecular formula is C22H27FN2O3. The van der Waals surface area contributed by atoms with E-state index < -0.39 is 0 Å². The molecule has 0 amide bonds. The summed E-state index contributed by atoms with van der Waals surface area (Å²) in [7, 11) is 1.71. The van der Waals surface area contributed by atoms with Crippen molar-refractivity contribution in [2.45, 2.75) is 25.0 Å². The van der Waals surface area contributed by atoms with Crippen molar-refractivity contribution < 1.29 is 18.6 Å². The topological polar surface area (TPSA) is 51.8 Å². The summed E-state index contributed by atoms with van der Waals surface area (Å²) in [6, 6.07) is 13.1. The van der Waals surface area contributed by atoms with Gasteiger partial charge in [0.2, 0.25) is 0 Å². The van der Waals surface area contributed by atoms with E-state index in [2.05, 4.69) is 16.7 Å². The Morgan fingerprint density at radius 2 is 2.00 bits per heavy atom. The van der Waals surface area contributed by atoms with E-state index in [9.17, 15) is 4.39 Å². The van der Waals surface area contributed by atoms with Crippen LogP contribution in [-0.2, 0) is 0 Å². The van der Waals surface area contributed by atoms with E-state index in [1.54, 1.807) is 19.2 Å². The van der Waals surface area contributed by atoms with Gasteiger partial charge in [-0.15, -0.1) is 0 Å². The molecule has 0 radical (unpaired) electrons. The number of nitrogens with one attached hydrogen (secondary N) is 2. The fourth-order valence-electron chi connectivity index (χ4n) is 4.10. The highest BCUT2D eigenvalue weighted by molar-refractivity contribution is 5.42. The van der Waals surface area contributed by atoms with Crippen LogP contribution in [0.1, 0.15) is 24.4 Å². The van der Waals surface area contributed by atoms with Gasteiger partial charge < -0.3 is 24.8 Å². The zero-order valence-electron chi connectivity index (χ0n) is 16.1. The van der Waals surface area contributed by atoms with Crippen molar-refractivity contribution in [2.24, 2.45) is 5.92 Å². The molecule has 1 saturated heterocycles. The summed E-state index contributed by atoms with van der Waals surface area (Å²) in [6.07, 6.45) is 2.03. The van der Waals surface area contributed by atoms with Crippen molar-refractivity contribution in [3.63, 3.8) is 0 Å². The predicted octanol–water partition coefficient (Wildman–Crippen LogP) is 3.30. The summed E-state index contributed by atoms with van der Waals surface area (Å²) < 4.78 is 31.0. The average molecular weight is 386 g/mol. The van der Waals surface area contributed by atoms with Gasteiger partial charge in [-0.2, -0.15) is 0 Å². The molecule has 2 unspecified atom stereocenters. The van der Waals surface area contributed by atoms with Crippen molar-refractivity contribution in [3.05, 3.63) is 53.8 Å². The summed E-state index contributed by atoms with van der Waals surface area (Å²) in [4.78, 5) is 0. The van der Waals surface area contributed by atoms with Crippen molar-refractivity contribution in [3.8, 4) is 17.2 Å². The molecule has 0 saturated carbocycles. The van der Waals surface area contributed by atoms with Crippen molar-refractivity contribution in [2.75, 3.05) is 33.4 Å². The zero-order valence-corrected chi connectivity index (χ0v) is 16.1. The van der Waals surface area contributed by atoms with Gasteiger partial charge in [-0.1, -0.05) is 24.3 Å². The first-order valence-electron chi connectivity index (χ1n) is 9.91. The Labute approximate surface area is 165 Å². The van der Waals surface area contributed by atoms with Crippen LogP contribution in [0.4, 0.5) is 4.39 Å². The molecule has 28 heavy (non-hydrogen) atoms. The fraction of sp³-hybridized carbons (Fsp3) is 0.455. The second kappa shape index (κ2) is 8.80. The van der Waals surface area contributed by atoms with Crippen molar-refractivity contribution in [1.82, 2.24) is 10.6 Å². The molecule has 2 aromatic rings. The van der Waals surface area contributed by atoms with Crippen molar-refractivity contribution >= 4 is 0 Å². The highest BCUT2D eigenvalue weighted by Crippen LogP contribution is 2.36. The minimum atomic E-state index is -0.384. The number of hydrogen-bond acceptors (Lipinski definition) is 5. The lowest BCUT2D eigenvalue weighted by Crippen LogP contribution is -2.43. The normalized spacial score (nSPS) is 20.6. The second-order valence-electron chi connectivity index (χ2n) is 7.33. The highest BCUT2D eigenvalue weighted by atomic mass is 19.1. The zero-order chi connectivity index (χ0) is 19.3. The minimum absolute atomic E-state index is 0.163. The van der Waals surface area contributed by atoms with Crippen molar-refractivity contribution in [1.29, 1.82) is 0 Å². The molecular weight excluding hydrogens is 359 g/mol. The van der Waals surface area contributed by atoms with Gasteiger partial charge in [-0.05, 0) is 50.0 Å². The van der Waals surface area contributed by atoms with E-state index in [1.807, 2.05) is 18.2 Å². The van der Waals surface area contributed by atoms with E-state index in [-0.39, 0.29) is 23.7 Å². The maximum absolute atomic E-state index is 13.8. The number of halogens is 1. The van der Waals surface area contributed by atoms with Crippen LogP contribution < -0.4 is 24.8 Å². The average Bonchev–Trinajstić information content (AvgIpc) is 2.75. The van der Waals surface area contributed by atoms with Crippen LogP contribution in [0, 0.1) is 11.7 Å². The molecule has 0 spiro atoms. The maximum Gasteiger partial charge on any atom is 0.197 e. The lowest BCUT2D eigenvalue weighted by molar-refractivity contribution is 0.0809. The second-order valence-corrected chi connectivity index (χ2v) is 7.33. The summed E-state index contributed by atoms with van der Waals surface area (Å²) in [5, 5.41) is 7.12. The van der Waals surface area contributed by atoms with Gasteiger partial charge in [-0.3, -0.25) is 0 Å². The molecule has 2 aliphatic rings. The van der Waals surface area contributed by atoms with Gasteiger partial charge >= 0.3 is 0 Å². The summed E-state index contributed by atoms with van der Waals surface area (Å²) in [6.45, 7) is 2.98. The first-order valence-corrected chi connectivity index (χ1v) is 9.91. The number of hydrogen-bond donors (Lipinski definition) is 2. The molecule has 2 N–H and O–H groups in total. The fourth-order valence-corrected chi connectivity index (χ4v) is 4.10. The van der Waals surface area contributed by atoms with Gasteiger partial charge in [0.05, 0.1) is 7.11 Å². The summed E-state index contributed by atoms with van der Waals surface area (Å²) in [5.41, 5.74) is 1.17. The van der Waals surface area contributed by atoms with Crippen LogP contribution >= 0.6 is 0 Å². The van der Waals surface area contributed by atoms with Crippen LogP contribution in [0.15, 0.2) is 42.5 Å². The summed E-state index contributed by atoms with van der Waals surface area (Å²) in [5.74, 6) is 1.69. The van der Waals surface area contributed by atoms with Crippen LogP contribution in [0.5, 0.6) is 17.2 Å². The lowest BCUT2D eigenvalue weighted by Gasteiger charge is -2.34. The van der Waals surface area contributed by atoms with Gasteiger partial charge in [0.25, 0.3) is 0 Å². The SMILES string of the molecule is COc1ccccc1C(NCC1COc2c(F)cccc2O1)C1CCNCC1. The Kier molecular flexibility index (Phi) is 5.98. The maximum atomic E-state index is 13.8. The van der Waals surface area contributed by atoms with Gasteiger partial charge in [0.15, 0.2) is 17.3 Å². The number of ether oxygens (including phenoxy) is 3. The first-order chi connectivity index (χ1) is 13.8. The molecule has 0 bridgehead atoms. The predicted molar refractivity (Wildman–Crippen MR) is 106 cm³/mol. The van der Waals surface area contributed by atoms with Crippen LogP contribution in [-0.4, -0.2) is 39.5 Å². The number of piperidine rings is 1. The molecule has 2 heterocycles. The highest BCUT2D eigenvalue weighted by Gasteiger charge is 2.29. The number of para-hydroxylation sites is 2. The quantitative estimate of drug-likeness (QED) is 0.798. The van der Waals surface area contributed by atoms with Crippen LogP contribution in [0.2, 0.25) is 0 Å². The Bertz CT molecular complexity index is 795. The minimum Gasteiger partial charge on any atom is -0.496 e. The Balaban J connectivity index is 1.48. The van der Waals surface area contributed by atoms with E-state index in [4.69, 9.17) is 14.2 Å². The Morgan fingerprint density at radius 3 is 2.82 bits per heavy atom. The first kappa shape index (κ1) is 19.0. The standard InChI is InChI=1S/C22H27FN2O3/c1-26-19-7-3-2-5-17(19)21(15-9-11-24-12-10-15)25-13-16-14-27-22-18(23)6-4-8-20(22)28-16/h2-8,15-16,21,24-25H,9-14H2,1H3. The van der Waals surface area contributed by atoms with E-state index in [1.165, 1.54) is 11.6 Å². The molecule has 0 aliphatic carbocycles. The summed E-state index contributed by atoms with van der Waals surface area (Å²) >= 11 is 0. The van der Waals surface area contributed by atoms with Gasteiger partial charge in [0.1, 0.15) is 18.5 Å². The number of rotatable bonds is 6. The number of methoxy groups -OCH3 is 1. The molecule has 6 heteroatoms. The Morgan fingerprint density at radius 1 is 1.18 bits per heavy atom. The molecule has 2 atom stereocenters. The molecule has 4 rings (SSSR count). The Hall–Kier alpha value is -2.31. The smallest absolute Gasteiger partial charge is 0.197 e. The van der Waals surface area contributed by atoms with E-state index >= 15 is 0 Å². The largest absolute Gasteiger partial charge is 0.496 e. The molecule has 150 valence electrons. The number of benzene rings is 2. The van der Waals surface area contributed by atoms with Crippen LogP contribution in [0.25, 0.3) is 0 Å². The van der Waals surface area contributed by atoms with Gasteiger partial charge in [0, 0.05) is 18.2 Å². The monoisotopic (exact) mass is 386 g/mol. The molecule has 2 aromatic carbocycles.